The fourth-order valence-corrected chi connectivity index (χ4v) is 4.89. The molecule has 1 aliphatic rings. The summed E-state index contributed by atoms with van der Waals surface area (Å²) in [6.07, 6.45) is 2.04. The van der Waals surface area contributed by atoms with Crippen LogP contribution in [0.2, 0.25) is 10.0 Å². The Kier molecular flexibility index (Phi) is 8.25. The van der Waals surface area contributed by atoms with Gasteiger partial charge in [0.05, 0.1) is 24.2 Å². The normalized spacial score (nSPS) is 15.6. The van der Waals surface area contributed by atoms with Crippen molar-refractivity contribution < 1.29 is 9.53 Å². The summed E-state index contributed by atoms with van der Waals surface area (Å²) in [4.78, 5) is 20.6. The van der Waals surface area contributed by atoms with Gasteiger partial charge in [-0.25, -0.2) is 4.98 Å². The summed E-state index contributed by atoms with van der Waals surface area (Å²) in [6, 6.07) is 13.1. The summed E-state index contributed by atoms with van der Waals surface area (Å²) < 4.78 is 7.48. The lowest BCUT2D eigenvalue weighted by Crippen LogP contribution is -2.42. The number of fused-ring (bicyclic) bond motifs is 1. The summed E-state index contributed by atoms with van der Waals surface area (Å²) >= 11 is 12.9. The number of morpholine rings is 1. The number of benzene rings is 2. The zero-order valence-electron chi connectivity index (χ0n) is 18.9. The van der Waals surface area contributed by atoms with E-state index in [1.807, 2.05) is 42.5 Å². The van der Waals surface area contributed by atoms with Crippen molar-refractivity contribution in [1.82, 2.24) is 19.8 Å². The first-order chi connectivity index (χ1) is 16.1. The number of carbonyl (C=O) groups excluding carboxylic acids is 1. The molecule has 33 heavy (non-hydrogen) atoms. The third kappa shape index (κ3) is 5.69. The van der Waals surface area contributed by atoms with Crippen molar-refractivity contribution in [2.24, 2.45) is 0 Å². The molecule has 4 rings (SSSR count). The summed E-state index contributed by atoms with van der Waals surface area (Å²) in [6.45, 7) is 6.84. The molecule has 0 radical (unpaired) electrons. The number of aromatic nitrogens is 2. The Bertz CT molecular complexity index is 1070. The van der Waals surface area contributed by atoms with Crippen molar-refractivity contribution in [2.45, 2.75) is 32.2 Å². The Labute approximate surface area is 204 Å². The van der Waals surface area contributed by atoms with Crippen LogP contribution >= 0.6 is 23.2 Å². The molecule has 2 aromatic carbocycles. The van der Waals surface area contributed by atoms with E-state index in [1.165, 1.54) is 0 Å². The molecule has 6 nitrogen and oxygen atoms in total. The molecule has 0 bridgehead atoms. The molecule has 1 aliphatic heterocycles. The predicted molar refractivity (Wildman–Crippen MR) is 133 cm³/mol. The number of imidazole rings is 1. The molecule has 0 aliphatic carbocycles. The second-order valence-electron chi connectivity index (χ2n) is 8.31. The Balaban J connectivity index is 1.61. The van der Waals surface area contributed by atoms with Gasteiger partial charge in [-0.05, 0) is 36.2 Å². The number of nitrogens with zero attached hydrogens (tertiary/aromatic N) is 3. The predicted octanol–water partition coefficient (Wildman–Crippen LogP) is 4.72. The van der Waals surface area contributed by atoms with Gasteiger partial charge in [-0.1, -0.05) is 54.7 Å². The molecule has 1 saturated heterocycles. The van der Waals surface area contributed by atoms with Crippen LogP contribution in [-0.2, 0) is 16.0 Å². The number of nitrogens with one attached hydrogen (secondary N) is 1. The molecule has 1 fully saturated rings. The summed E-state index contributed by atoms with van der Waals surface area (Å²) in [5, 5.41) is 4.36. The number of carbonyl (C=O) groups is 1. The molecule has 1 aromatic heterocycles. The average Bonchev–Trinajstić information content (AvgIpc) is 3.18. The van der Waals surface area contributed by atoms with Gasteiger partial charge in [0, 0.05) is 42.6 Å². The van der Waals surface area contributed by atoms with Crippen LogP contribution in [0.4, 0.5) is 0 Å². The highest BCUT2D eigenvalue weighted by Gasteiger charge is 2.26. The van der Waals surface area contributed by atoms with Crippen LogP contribution in [0.15, 0.2) is 42.5 Å². The first-order valence-electron chi connectivity index (χ1n) is 11.5. The topological polar surface area (TPSA) is 59.4 Å². The molecule has 0 spiro atoms. The molecule has 8 heteroatoms. The summed E-state index contributed by atoms with van der Waals surface area (Å²) in [5.74, 6) is 0.799. The van der Waals surface area contributed by atoms with Crippen LogP contribution in [0.5, 0.6) is 0 Å². The van der Waals surface area contributed by atoms with Gasteiger partial charge in [0.25, 0.3) is 0 Å². The van der Waals surface area contributed by atoms with Gasteiger partial charge in [0.1, 0.15) is 11.9 Å². The lowest BCUT2D eigenvalue weighted by molar-refractivity contribution is -0.124. The first-order valence-corrected chi connectivity index (χ1v) is 12.3. The standard InChI is InChI=1S/C25H30Cl2N4O2/c1-2-6-23(25(32)28-11-12-30-13-15-33-16-14-30)31-22-10-4-3-9-21(22)29-24(31)17-18-19(26)7-5-8-20(18)27/h3-5,7-10,23H,2,6,11-17H2,1H3,(H,28,32)/t23-/m1/s1. The van der Waals surface area contributed by atoms with E-state index in [1.54, 1.807) is 0 Å². The van der Waals surface area contributed by atoms with E-state index in [9.17, 15) is 4.79 Å². The molecular formula is C25H30Cl2N4O2. The number of rotatable bonds is 9. The molecule has 1 atom stereocenters. The van der Waals surface area contributed by atoms with Crippen molar-refractivity contribution >= 4 is 40.1 Å². The van der Waals surface area contributed by atoms with Crippen LogP contribution in [0, 0.1) is 0 Å². The summed E-state index contributed by atoms with van der Waals surface area (Å²) in [7, 11) is 0. The molecule has 2 heterocycles. The Morgan fingerprint density at radius 1 is 1.12 bits per heavy atom. The minimum absolute atomic E-state index is 0.0137. The number of halogens is 2. The first kappa shape index (κ1) is 24.0. The van der Waals surface area contributed by atoms with Gasteiger partial charge in [-0.2, -0.15) is 0 Å². The van der Waals surface area contributed by atoms with Crippen LogP contribution in [-0.4, -0.2) is 59.8 Å². The van der Waals surface area contributed by atoms with E-state index in [2.05, 4.69) is 21.7 Å². The van der Waals surface area contributed by atoms with Crippen LogP contribution in [0.3, 0.4) is 0 Å². The average molecular weight is 489 g/mol. The third-order valence-electron chi connectivity index (χ3n) is 6.07. The van der Waals surface area contributed by atoms with E-state index in [0.717, 1.165) is 61.7 Å². The molecule has 3 aromatic rings. The highest BCUT2D eigenvalue weighted by Crippen LogP contribution is 2.30. The molecule has 0 unspecified atom stereocenters. The minimum Gasteiger partial charge on any atom is -0.379 e. The van der Waals surface area contributed by atoms with Crippen molar-refractivity contribution in [3.8, 4) is 0 Å². The molecule has 0 saturated carbocycles. The van der Waals surface area contributed by atoms with Gasteiger partial charge in [-0.3, -0.25) is 9.69 Å². The quantitative estimate of drug-likeness (QED) is 0.473. The van der Waals surface area contributed by atoms with E-state index in [4.69, 9.17) is 32.9 Å². The van der Waals surface area contributed by atoms with Gasteiger partial charge in [0.15, 0.2) is 0 Å². The lowest BCUT2D eigenvalue weighted by atomic mass is 10.1. The number of amides is 1. The van der Waals surface area contributed by atoms with E-state index >= 15 is 0 Å². The monoisotopic (exact) mass is 488 g/mol. The van der Waals surface area contributed by atoms with Crippen molar-refractivity contribution in [3.05, 3.63) is 63.9 Å². The number of hydrogen-bond acceptors (Lipinski definition) is 4. The van der Waals surface area contributed by atoms with Gasteiger partial charge in [0.2, 0.25) is 5.91 Å². The molecule has 1 N–H and O–H groups in total. The second-order valence-corrected chi connectivity index (χ2v) is 9.13. The fraction of sp³-hybridized carbons (Fsp3) is 0.440. The van der Waals surface area contributed by atoms with Gasteiger partial charge >= 0.3 is 0 Å². The second kappa shape index (κ2) is 11.3. The number of ether oxygens (including phenoxy) is 1. The molecule has 1 amide bonds. The molecule has 176 valence electrons. The van der Waals surface area contributed by atoms with Crippen LogP contribution in [0.25, 0.3) is 11.0 Å². The van der Waals surface area contributed by atoms with E-state index in [0.29, 0.717) is 29.4 Å². The minimum atomic E-state index is -0.358. The maximum Gasteiger partial charge on any atom is 0.243 e. The Morgan fingerprint density at radius 3 is 2.58 bits per heavy atom. The largest absolute Gasteiger partial charge is 0.379 e. The zero-order valence-corrected chi connectivity index (χ0v) is 20.4. The van der Waals surface area contributed by atoms with Crippen molar-refractivity contribution in [2.75, 3.05) is 39.4 Å². The van der Waals surface area contributed by atoms with Gasteiger partial charge in [-0.15, -0.1) is 0 Å². The van der Waals surface area contributed by atoms with Gasteiger partial charge < -0.3 is 14.6 Å². The van der Waals surface area contributed by atoms with E-state index < -0.39 is 0 Å². The van der Waals surface area contributed by atoms with Crippen LogP contribution in [0.1, 0.15) is 37.2 Å². The Hall–Kier alpha value is -2.12. The fourth-order valence-electron chi connectivity index (χ4n) is 4.36. The van der Waals surface area contributed by atoms with Crippen molar-refractivity contribution in [1.29, 1.82) is 0 Å². The van der Waals surface area contributed by atoms with Crippen molar-refractivity contribution in [3.63, 3.8) is 0 Å². The highest BCUT2D eigenvalue weighted by molar-refractivity contribution is 6.36. The zero-order chi connectivity index (χ0) is 23.2. The number of hydrogen-bond donors (Lipinski definition) is 1. The lowest BCUT2D eigenvalue weighted by Gasteiger charge is -2.27. The highest BCUT2D eigenvalue weighted by atomic mass is 35.5. The number of para-hydroxylation sites is 2. The maximum absolute atomic E-state index is 13.4. The summed E-state index contributed by atoms with van der Waals surface area (Å²) in [5.41, 5.74) is 2.62. The smallest absolute Gasteiger partial charge is 0.243 e. The molecular weight excluding hydrogens is 459 g/mol. The maximum atomic E-state index is 13.4. The Morgan fingerprint density at radius 2 is 1.85 bits per heavy atom. The van der Waals surface area contributed by atoms with E-state index in [-0.39, 0.29) is 11.9 Å². The third-order valence-corrected chi connectivity index (χ3v) is 6.78. The van der Waals surface area contributed by atoms with Crippen LogP contribution < -0.4 is 5.32 Å². The SMILES string of the molecule is CCC[C@H](C(=O)NCCN1CCOCC1)n1c(Cc2c(Cl)cccc2Cl)nc2ccccc21.